The second-order valence-corrected chi connectivity index (χ2v) is 5.18. The van der Waals surface area contributed by atoms with Crippen LogP contribution in [0.5, 0.6) is 5.75 Å². The summed E-state index contributed by atoms with van der Waals surface area (Å²) in [5.41, 5.74) is 7.03. The molecule has 2 rings (SSSR count). The van der Waals surface area contributed by atoms with Gasteiger partial charge in [0.1, 0.15) is 5.75 Å². The van der Waals surface area contributed by atoms with Gasteiger partial charge in [-0.25, -0.2) is 0 Å². The molecule has 1 aromatic rings. The fourth-order valence-corrected chi connectivity index (χ4v) is 2.82. The van der Waals surface area contributed by atoms with Crippen LogP contribution in [0.4, 0.5) is 0 Å². The van der Waals surface area contributed by atoms with Crippen LogP contribution in [0, 0.1) is 5.92 Å². The van der Waals surface area contributed by atoms with Crippen molar-refractivity contribution >= 4 is 0 Å². The van der Waals surface area contributed by atoms with E-state index in [9.17, 15) is 5.11 Å². The second kappa shape index (κ2) is 4.46. The SMILES string of the molecule is CC1CCC(CN)(c2ccccc2O)CC1. The highest BCUT2D eigenvalue weighted by Gasteiger charge is 2.36. The van der Waals surface area contributed by atoms with Crippen molar-refractivity contribution in [3.63, 3.8) is 0 Å². The Morgan fingerprint density at radius 1 is 1.31 bits per heavy atom. The van der Waals surface area contributed by atoms with Crippen LogP contribution < -0.4 is 5.73 Å². The molecule has 0 heterocycles. The summed E-state index contributed by atoms with van der Waals surface area (Å²) >= 11 is 0. The average Bonchev–Trinajstić information content (AvgIpc) is 2.32. The molecule has 0 atom stereocenters. The zero-order valence-corrected chi connectivity index (χ0v) is 9.95. The quantitative estimate of drug-likeness (QED) is 0.803. The first-order valence-electron chi connectivity index (χ1n) is 6.16. The van der Waals surface area contributed by atoms with Crippen molar-refractivity contribution in [1.82, 2.24) is 0 Å². The van der Waals surface area contributed by atoms with Gasteiger partial charge in [0.25, 0.3) is 0 Å². The molecule has 1 aliphatic carbocycles. The summed E-state index contributed by atoms with van der Waals surface area (Å²) < 4.78 is 0. The van der Waals surface area contributed by atoms with E-state index >= 15 is 0 Å². The van der Waals surface area contributed by atoms with Gasteiger partial charge in [-0.15, -0.1) is 0 Å². The Morgan fingerprint density at radius 3 is 2.50 bits per heavy atom. The van der Waals surface area contributed by atoms with Gasteiger partial charge in [-0.1, -0.05) is 25.1 Å². The fraction of sp³-hybridized carbons (Fsp3) is 0.571. The van der Waals surface area contributed by atoms with Crippen LogP contribution in [0.3, 0.4) is 0 Å². The molecular weight excluding hydrogens is 198 g/mol. The predicted octanol–water partition coefficient (Wildman–Crippen LogP) is 2.80. The first-order chi connectivity index (χ1) is 7.68. The number of aromatic hydroxyl groups is 1. The highest BCUT2D eigenvalue weighted by molar-refractivity contribution is 5.39. The Kier molecular flexibility index (Phi) is 3.20. The van der Waals surface area contributed by atoms with E-state index in [1.165, 1.54) is 12.8 Å². The molecule has 0 bridgehead atoms. The van der Waals surface area contributed by atoms with Crippen molar-refractivity contribution in [2.75, 3.05) is 6.54 Å². The standard InChI is InChI=1S/C14H21NO/c1-11-6-8-14(10-15,9-7-11)12-4-2-3-5-13(12)16/h2-5,11,16H,6-10,15H2,1H3. The van der Waals surface area contributed by atoms with Crippen molar-refractivity contribution in [3.8, 4) is 5.75 Å². The van der Waals surface area contributed by atoms with Crippen molar-refractivity contribution in [2.24, 2.45) is 11.7 Å². The minimum atomic E-state index is 0.0118. The summed E-state index contributed by atoms with van der Waals surface area (Å²) in [6, 6.07) is 7.65. The molecule has 0 aliphatic heterocycles. The third-order valence-corrected chi connectivity index (χ3v) is 4.10. The van der Waals surface area contributed by atoms with E-state index < -0.39 is 0 Å². The van der Waals surface area contributed by atoms with Crippen molar-refractivity contribution in [3.05, 3.63) is 29.8 Å². The van der Waals surface area contributed by atoms with Crippen LogP contribution in [-0.2, 0) is 5.41 Å². The minimum Gasteiger partial charge on any atom is -0.508 e. The number of hydrogen-bond donors (Lipinski definition) is 2. The molecule has 0 saturated heterocycles. The van der Waals surface area contributed by atoms with E-state index in [4.69, 9.17) is 5.73 Å². The summed E-state index contributed by atoms with van der Waals surface area (Å²) in [6.07, 6.45) is 4.63. The van der Waals surface area contributed by atoms with Gasteiger partial charge in [-0.05, 0) is 37.7 Å². The van der Waals surface area contributed by atoms with E-state index in [1.807, 2.05) is 18.2 Å². The highest BCUT2D eigenvalue weighted by atomic mass is 16.3. The Bertz CT molecular complexity index is 354. The molecule has 1 fully saturated rings. The third kappa shape index (κ3) is 1.94. The number of benzene rings is 1. The topological polar surface area (TPSA) is 46.2 Å². The van der Waals surface area contributed by atoms with E-state index in [2.05, 4.69) is 6.92 Å². The summed E-state index contributed by atoms with van der Waals surface area (Å²) in [5, 5.41) is 9.97. The molecule has 0 amide bonds. The van der Waals surface area contributed by atoms with Gasteiger partial charge in [0.05, 0.1) is 0 Å². The second-order valence-electron chi connectivity index (χ2n) is 5.18. The molecule has 2 nitrogen and oxygen atoms in total. The van der Waals surface area contributed by atoms with Crippen molar-refractivity contribution in [2.45, 2.75) is 38.0 Å². The van der Waals surface area contributed by atoms with Gasteiger partial charge in [-0.2, -0.15) is 0 Å². The number of hydrogen-bond acceptors (Lipinski definition) is 2. The Hall–Kier alpha value is -1.02. The van der Waals surface area contributed by atoms with Crippen molar-refractivity contribution in [1.29, 1.82) is 0 Å². The molecule has 16 heavy (non-hydrogen) atoms. The van der Waals surface area contributed by atoms with Crippen LogP contribution in [-0.4, -0.2) is 11.7 Å². The molecule has 1 aliphatic rings. The minimum absolute atomic E-state index is 0.0118. The molecule has 0 aromatic heterocycles. The largest absolute Gasteiger partial charge is 0.508 e. The van der Waals surface area contributed by atoms with Gasteiger partial charge in [0.15, 0.2) is 0 Å². The normalized spacial score (nSPS) is 30.2. The van der Waals surface area contributed by atoms with Crippen LogP contribution in [0.15, 0.2) is 24.3 Å². The van der Waals surface area contributed by atoms with Crippen LogP contribution in [0.2, 0.25) is 0 Å². The van der Waals surface area contributed by atoms with Crippen molar-refractivity contribution < 1.29 is 5.11 Å². The number of phenolic OH excluding ortho intramolecular Hbond substituents is 1. The Labute approximate surface area is 97.5 Å². The number of para-hydroxylation sites is 1. The fourth-order valence-electron chi connectivity index (χ4n) is 2.82. The molecule has 0 unspecified atom stereocenters. The maximum absolute atomic E-state index is 9.97. The van der Waals surface area contributed by atoms with E-state index in [0.717, 1.165) is 24.3 Å². The first-order valence-corrected chi connectivity index (χ1v) is 6.16. The number of nitrogens with two attached hydrogens (primary N) is 1. The molecular formula is C14H21NO. The van der Waals surface area contributed by atoms with Gasteiger partial charge in [-0.3, -0.25) is 0 Å². The van der Waals surface area contributed by atoms with Gasteiger partial charge < -0.3 is 10.8 Å². The molecule has 1 aromatic carbocycles. The van der Waals surface area contributed by atoms with Gasteiger partial charge >= 0.3 is 0 Å². The number of phenols is 1. The van der Waals surface area contributed by atoms with Gasteiger partial charge in [0.2, 0.25) is 0 Å². The average molecular weight is 219 g/mol. The lowest BCUT2D eigenvalue weighted by Crippen LogP contribution is -2.38. The molecule has 0 radical (unpaired) electrons. The monoisotopic (exact) mass is 219 g/mol. The lowest BCUT2D eigenvalue weighted by atomic mass is 9.67. The zero-order chi connectivity index (χ0) is 11.6. The van der Waals surface area contributed by atoms with Gasteiger partial charge in [0, 0.05) is 17.5 Å². The molecule has 2 heteroatoms. The lowest BCUT2D eigenvalue weighted by Gasteiger charge is -2.39. The molecule has 1 saturated carbocycles. The Balaban J connectivity index is 2.32. The molecule has 0 spiro atoms. The van der Waals surface area contributed by atoms with Crippen LogP contribution in [0.1, 0.15) is 38.2 Å². The van der Waals surface area contributed by atoms with E-state index in [1.54, 1.807) is 6.07 Å². The Morgan fingerprint density at radius 2 is 1.94 bits per heavy atom. The molecule has 88 valence electrons. The zero-order valence-electron chi connectivity index (χ0n) is 9.95. The summed E-state index contributed by atoms with van der Waals surface area (Å²) in [6.45, 7) is 2.93. The number of rotatable bonds is 2. The first kappa shape index (κ1) is 11.5. The summed E-state index contributed by atoms with van der Waals surface area (Å²) in [4.78, 5) is 0. The molecule has 3 N–H and O–H groups in total. The lowest BCUT2D eigenvalue weighted by molar-refractivity contribution is 0.242. The van der Waals surface area contributed by atoms with Crippen LogP contribution >= 0.6 is 0 Å². The van der Waals surface area contributed by atoms with E-state index in [-0.39, 0.29) is 5.41 Å². The smallest absolute Gasteiger partial charge is 0.119 e. The highest BCUT2D eigenvalue weighted by Crippen LogP contribution is 2.43. The third-order valence-electron chi connectivity index (χ3n) is 4.10. The van der Waals surface area contributed by atoms with Crippen LogP contribution in [0.25, 0.3) is 0 Å². The summed E-state index contributed by atoms with van der Waals surface area (Å²) in [7, 11) is 0. The predicted molar refractivity (Wildman–Crippen MR) is 66.5 cm³/mol. The maximum Gasteiger partial charge on any atom is 0.119 e. The maximum atomic E-state index is 9.97. The van der Waals surface area contributed by atoms with E-state index in [0.29, 0.717) is 12.3 Å². The summed E-state index contributed by atoms with van der Waals surface area (Å²) in [5.74, 6) is 1.20.